The lowest BCUT2D eigenvalue weighted by atomic mass is 10.1. The van der Waals surface area contributed by atoms with Gasteiger partial charge in [0.1, 0.15) is 12.4 Å². The second-order valence-corrected chi connectivity index (χ2v) is 6.92. The Labute approximate surface area is 148 Å². The van der Waals surface area contributed by atoms with Crippen LogP contribution in [-0.4, -0.2) is 25.2 Å². The van der Waals surface area contributed by atoms with Crippen LogP contribution in [0, 0.1) is 0 Å². The molecule has 0 aromatic heterocycles. The molecular formula is C21H24N2O2. The van der Waals surface area contributed by atoms with E-state index in [0.29, 0.717) is 13.2 Å². The van der Waals surface area contributed by atoms with Crippen LogP contribution in [0.4, 0.5) is 10.5 Å². The number of carbonyl (C=O) groups excluding carboxylic acids is 1. The fourth-order valence-electron chi connectivity index (χ4n) is 3.93. The van der Waals surface area contributed by atoms with E-state index >= 15 is 0 Å². The van der Waals surface area contributed by atoms with Crippen molar-refractivity contribution in [2.45, 2.75) is 38.6 Å². The summed E-state index contributed by atoms with van der Waals surface area (Å²) in [4.78, 5) is 14.4. The van der Waals surface area contributed by atoms with Gasteiger partial charge in [-0.1, -0.05) is 24.3 Å². The molecule has 2 aliphatic rings. The van der Waals surface area contributed by atoms with E-state index in [1.807, 2.05) is 29.2 Å². The monoisotopic (exact) mass is 336 g/mol. The Kier molecular flexibility index (Phi) is 4.35. The average Bonchev–Trinajstić information content (AvgIpc) is 3.21. The molecule has 4 nitrogen and oxygen atoms in total. The lowest BCUT2D eigenvalue weighted by Crippen LogP contribution is -2.44. The molecule has 0 saturated heterocycles. The molecule has 1 N–H and O–H groups in total. The Hall–Kier alpha value is -2.49. The Morgan fingerprint density at radius 1 is 1.16 bits per heavy atom. The van der Waals surface area contributed by atoms with E-state index in [-0.39, 0.29) is 12.1 Å². The predicted molar refractivity (Wildman–Crippen MR) is 99.4 cm³/mol. The lowest BCUT2D eigenvalue weighted by Gasteiger charge is -2.23. The third-order valence-corrected chi connectivity index (χ3v) is 5.14. The molecule has 0 saturated carbocycles. The van der Waals surface area contributed by atoms with Crippen LogP contribution in [0.5, 0.6) is 5.75 Å². The average molecular weight is 336 g/mol. The minimum Gasteiger partial charge on any atom is -0.492 e. The molecule has 2 aromatic carbocycles. The maximum absolute atomic E-state index is 12.5. The van der Waals surface area contributed by atoms with Gasteiger partial charge in [0, 0.05) is 11.7 Å². The molecule has 25 heavy (non-hydrogen) atoms. The minimum atomic E-state index is -0.0463. The normalized spacial score (nSPS) is 18.0. The van der Waals surface area contributed by atoms with E-state index in [1.54, 1.807) is 0 Å². The number of aryl methyl sites for hydroxylation is 2. The van der Waals surface area contributed by atoms with Crippen LogP contribution < -0.4 is 15.0 Å². The maximum atomic E-state index is 12.5. The number of amides is 2. The van der Waals surface area contributed by atoms with Crippen LogP contribution in [0.2, 0.25) is 0 Å². The summed E-state index contributed by atoms with van der Waals surface area (Å²) in [6.45, 7) is 3.07. The van der Waals surface area contributed by atoms with Gasteiger partial charge in [-0.3, -0.25) is 4.90 Å². The summed E-state index contributed by atoms with van der Waals surface area (Å²) >= 11 is 0. The number of anilines is 1. The number of ether oxygens (including phenoxy) is 1. The van der Waals surface area contributed by atoms with Crippen LogP contribution in [0.1, 0.15) is 30.0 Å². The third kappa shape index (κ3) is 3.21. The number of carbonyl (C=O) groups is 1. The quantitative estimate of drug-likeness (QED) is 0.865. The van der Waals surface area contributed by atoms with Gasteiger partial charge in [-0.2, -0.15) is 0 Å². The maximum Gasteiger partial charge on any atom is 0.322 e. The molecule has 1 unspecified atom stereocenters. The van der Waals surface area contributed by atoms with E-state index < -0.39 is 0 Å². The van der Waals surface area contributed by atoms with Gasteiger partial charge in [0.25, 0.3) is 0 Å². The molecule has 2 amide bonds. The van der Waals surface area contributed by atoms with Gasteiger partial charge in [0.15, 0.2) is 0 Å². The van der Waals surface area contributed by atoms with E-state index in [4.69, 9.17) is 4.74 Å². The summed E-state index contributed by atoms with van der Waals surface area (Å²) in [6, 6.07) is 14.6. The van der Waals surface area contributed by atoms with Crippen LogP contribution in [0.25, 0.3) is 0 Å². The Bertz CT molecular complexity index is 787. The summed E-state index contributed by atoms with van der Waals surface area (Å²) < 4.78 is 5.81. The molecule has 0 spiro atoms. The Balaban J connectivity index is 1.29. The number of urea groups is 1. The number of fused-ring (bicyclic) bond motifs is 2. The Morgan fingerprint density at radius 2 is 2.00 bits per heavy atom. The molecule has 2 aromatic rings. The van der Waals surface area contributed by atoms with Crippen molar-refractivity contribution >= 4 is 11.7 Å². The van der Waals surface area contributed by atoms with Crippen molar-refractivity contribution in [2.24, 2.45) is 0 Å². The zero-order valence-electron chi connectivity index (χ0n) is 14.6. The van der Waals surface area contributed by atoms with Crippen LogP contribution in [-0.2, 0) is 19.3 Å². The van der Waals surface area contributed by atoms with Gasteiger partial charge < -0.3 is 10.1 Å². The summed E-state index contributed by atoms with van der Waals surface area (Å²) in [5, 5.41) is 2.98. The standard InChI is InChI=1S/C21H24N2O2/c1-15-13-18-5-2-3-8-20(18)23(15)21(24)22-11-12-25-19-10-9-16-6-4-7-17(16)14-19/h2-3,5,8-10,14-15H,4,6-7,11-13H2,1H3,(H,22,24). The summed E-state index contributed by atoms with van der Waals surface area (Å²) in [7, 11) is 0. The molecular weight excluding hydrogens is 312 g/mol. The number of benzene rings is 2. The van der Waals surface area contributed by atoms with Gasteiger partial charge in [0.2, 0.25) is 0 Å². The predicted octanol–water partition coefficient (Wildman–Crippen LogP) is 3.71. The number of rotatable bonds is 4. The van der Waals surface area contributed by atoms with E-state index in [9.17, 15) is 4.79 Å². The van der Waals surface area contributed by atoms with Crippen molar-refractivity contribution in [1.29, 1.82) is 0 Å². The van der Waals surface area contributed by atoms with Crippen molar-refractivity contribution < 1.29 is 9.53 Å². The molecule has 1 aliphatic heterocycles. The topological polar surface area (TPSA) is 41.6 Å². The van der Waals surface area contributed by atoms with Gasteiger partial charge in [-0.15, -0.1) is 0 Å². The minimum absolute atomic E-state index is 0.0463. The van der Waals surface area contributed by atoms with E-state index in [1.165, 1.54) is 29.5 Å². The molecule has 0 radical (unpaired) electrons. The molecule has 4 rings (SSSR count). The van der Waals surface area contributed by atoms with Crippen LogP contribution in [0.15, 0.2) is 42.5 Å². The first-order valence-electron chi connectivity index (χ1n) is 9.12. The van der Waals surface area contributed by atoms with Gasteiger partial charge in [-0.25, -0.2) is 4.79 Å². The van der Waals surface area contributed by atoms with Crippen molar-refractivity contribution in [2.75, 3.05) is 18.1 Å². The highest BCUT2D eigenvalue weighted by molar-refractivity contribution is 5.94. The van der Waals surface area contributed by atoms with E-state index in [2.05, 4.69) is 30.4 Å². The zero-order chi connectivity index (χ0) is 17.2. The summed E-state index contributed by atoms with van der Waals surface area (Å²) in [5.74, 6) is 0.898. The van der Waals surface area contributed by atoms with Crippen LogP contribution in [0.3, 0.4) is 0 Å². The van der Waals surface area contributed by atoms with Crippen molar-refractivity contribution in [3.8, 4) is 5.75 Å². The van der Waals surface area contributed by atoms with Crippen molar-refractivity contribution in [3.63, 3.8) is 0 Å². The smallest absolute Gasteiger partial charge is 0.322 e. The molecule has 4 heteroatoms. The summed E-state index contributed by atoms with van der Waals surface area (Å²) in [6.07, 6.45) is 4.48. The molecule has 1 aliphatic carbocycles. The number of hydrogen-bond donors (Lipinski definition) is 1. The molecule has 1 heterocycles. The van der Waals surface area contributed by atoms with Gasteiger partial charge >= 0.3 is 6.03 Å². The highest BCUT2D eigenvalue weighted by Gasteiger charge is 2.30. The Morgan fingerprint density at radius 3 is 2.92 bits per heavy atom. The first-order valence-corrected chi connectivity index (χ1v) is 9.12. The van der Waals surface area contributed by atoms with Crippen molar-refractivity contribution in [1.82, 2.24) is 5.32 Å². The highest BCUT2D eigenvalue weighted by Crippen LogP contribution is 2.31. The molecule has 1 atom stereocenters. The summed E-state index contributed by atoms with van der Waals surface area (Å²) in [5.41, 5.74) is 5.11. The SMILES string of the molecule is CC1Cc2ccccc2N1C(=O)NCCOc1ccc2c(c1)CCC2. The largest absolute Gasteiger partial charge is 0.492 e. The third-order valence-electron chi connectivity index (χ3n) is 5.14. The van der Waals surface area contributed by atoms with Gasteiger partial charge in [-0.05, 0) is 67.5 Å². The number of nitrogens with one attached hydrogen (secondary N) is 1. The fraction of sp³-hybridized carbons (Fsp3) is 0.381. The van der Waals surface area contributed by atoms with Gasteiger partial charge in [0.05, 0.1) is 6.54 Å². The highest BCUT2D eigenvalue weighted by atomic mass is 16.5. The number of para-hydroxylation sites is 1. The number of hydrogen-bond acceptors (Lipinski definition) is 2. The molecule has 130 valence electrons. The van der Waals surface area contributed by atoms with E-state index in [0.717, 1.165) is 24.3 Å². The van der Waals surface area contributed by atoms with Crippen LogP contribution >= 0.6 is 0 Å². The number of nitrogens with zero attached hydrogens (tertiary/aromatic N) is 1. The second-order valence-electron chi connectivity index (χ2n) is 6.92. The molecule has 0 bridgehead atoms. The first-order chi connectivity index (χ1) is 12.2. The fourth-order valence-corrected chi connectivity index (χ4v) is 3.93. The zero-order valence-corrected chi connectivity index (χ0v) is 14.6. The molecule has 0 fully saturated rings. The first kappa shape index (κ1) is 16.0. The second kappa shape index (κ2) is 6.79. The lowest BCUT2D eigenvalue weighted by molar-refractivity contribution is 0.240. The van der Waals surface area contributed by atoms with Crippen molar-refractivity contribution in [3.05, 3.63) is 59.2 Å².